The minimum Gasteiger partial charge on any atom is -0.472 e. The second-order valence-corrected chi connectivity index (χ2v) is 5.60. The first-order valence-electron chi connectivity index (χ1n) is 6.40. The molecule has 3 atom stereocenters. The highest BCUT2D eigenvalue weighted by molar-refractivity contribution is 5.19. The zero-order valence-corrected chi connectivity index (χ0v) is 10.9. The van der Waals surface area contributed by atoms with Gasteiger partial charge in [-0.3, -0.25) is 0 Å². The highest BCUT2D eigenvalue weighted by atomic mass is 16.3. The highest BCUT2D eigenvalue weighted by Gasteiger charge is 2.36. The number of rotatable bonds is 3. The van der Waals surface area contributed by atoms with Crippen LogP contribution in [0.25, 0.3) is 0 Å². The van der Waals surface area contributed by atoms with Gasteiger partial charge in [-0.2, -0.15) is 0 Å². The van der Waals surface area contributed by atoms with Crippen LogP contribution in [0.1, 0.15) is 39.2 Å². The molecule has 94 valence electrons. The Balaban J connectivity index is 2.09. The van der Waals surface area contributed by atoms with Gasteiger partial charge in [-0.15, -0.1) is 0 Å². The number of hydrogen-bond acceptors (Lipinski definition) is 2. The molecule has 0 aromatic carbocycles. The van der Waals surface area contributed by atoms with E-state index in [-0.39, 0.29) is 11.5 Å². The number of furan rings is 1. The molecule has 2 nitrogen and oxygen atoms in total. The van der Waals surface area contributed by atoms with Crippen LogP contribution >= 0.6 is 0 Å². The largest absolute Gasteiger partial charge is 0.472 e. The van der Waals surface area contributed by atoms with E-state index in [1.54, 1.807) is 6.26 Å². The van der Waals surface area contributed by atoms with Crippen molar-refractivity contribution in [3.63, 3.8) is 0 Å². The lowest BCUT2D eigenvalue weighted by Gasteiger charge is -2.41. The molecule has 2 heteroatoms. The lowest BCUT2D eigenvalue weighted by atomic mass is 9.64. The smallest absolute Gasteiger partial charge is 0.0934 e. The Labute approximate surface area is 103 Å². The summed E-state index contributed by atoms with van der Waals surface area (Å²) >= 11 is 0. The number of aliphatic hydroxyl groups is 1. The Hall–Kier alpha value is -1.02. The molecule has 1 N–H and O–H groups in total. The molecule has 1 aliphatic carbocycles. The van der Waals surface area contributed by atoms with Crippen LogP contribution in [0, 0.1) is 11.3 Å². The molecule has 0 unspecified atom stereocenters. The van der Waals surface area contributed by atoms with E-state index < -0.39 is 0 Å². The first-order chi connectivity index (χ1) is 8.02. The van der Waals surface area contributed by atoms with Crippen molar-refractivity contribution in [1.29, 1.82) is 0 Å². The van der Waals surface area contributed by atoms with Crippen LogP contribution in [0.15, 0.2) is 34.7 Å². The molecule has 2 rings (SSSR count). The molecule has 0 fully saturated rings. The zero-order chi connectivity index (χ0) is 12.5. The van der Waals surface area contributed by atoms with E-state index in [0.29, 0.717) is 5.92 Å². The average Bonchev–Trinajstić information content (AvgIpc) is 2.76. The Kier molecular flexibility index (Phi) is 3.43. The lowest BCUT2D eigenvalue weighted by Crippen LogP contribution is -2.34. The Morgan fingerprint density at radius 3 is 2.88 bits per heavy atom. The molecule has 0 spiro atoms. The maximum absolute atomic E-state index is 9.74. The molecule has 0 radical (unpaired) electrons. The molecule has 1 aromatic rings. The van der Waals surface area contributed by atoms with E-state index in [1.807, 2.05) is 18.4 Å². The van der Waals surface area contributed by atoms with Gasteiger partial charge in [0.2, 0.25) is 0 Å². The lowest BCUT2D eigenvalue weighted by molar-refractivity contribution is 0.114. The van der Waals surface area contributed by atoms with Crippen LogP contribution in [-0.4, -0.2) is 11.2 Å². The van der Waals surface area contributed by atoms with Crippen molar-refractivity contribution < 1.29 is 9.52 Å². The Morgan fingerprint density at radius 1 is 1.53 bits per heavy atom. The molecule has 1 aromatic heterocycles. The van der Waals surface area contributed by atoms with Crippen LogP contribution in [-0.2, 0) is 6.42 Å². The van der Waals surface area contributed by atoms with Gasteiger partial charge in [0.25, 0.3) is 0 Å². The fourth-order valence-electron chi connectivity index (χ4n) is 2.84. The molecular formula is C15H22O2. The molecule has 0 aliphatic heterocycles. The van der Waals surface area contributed by atoms with Gasteiger partial charge in [0.1, 0.15) is 0 Å². The minimum absolute atomic E-state index is 0.205. The van der Waals surface area contributed by atoms with Crippen molar-refractivity contribution in [2.24, 2.45) is 11.3 Å². The zero-order valence-electron chi connectivity index (χ0n) is 10.9. The number of hydrogen-bond donors (Lipinski definition) is 1. The van der Waals surface area contributed by atoms with Gasteiger partial charge in [0.15, 0.2) is 0 Å². The molecular weight excluding hydrogens is 212 g/mol. The summed E-state index contributed by atoms with van der Waals surface area (Å²) in [6, 6.07) is 2.03. The van der Waals surface area contributed by atoms with Gasteiger partial charge >= 0.3 is 0 Å². The molecule has 0 amide bonds. The van der Waals surface area contributed by atoms with Crippen molar-refractivity contribution in [1.82, 2.24) is 0 Å². The Morgan fingerprint density at radius 2 is 2.29 bits per heavy atom. The molecule has 0 bridgehead atoms. The van der Waals surface area contributed by atoms with Crippen LogP contribution in [0.2, 0.25) is 0 Å². The third kappa shape index (κ3) is 2.47. The third-order valence-electron chi connectivity index (χ3n) is 4.54. The van der Waals surface area contributed by atoms with Crippen LogP contribution in [0.3, 0.4) is 0 Å². The third-order valence-corrected chi connectivity index (χ3v) is 4.54. The Bertz CT molecular complexity index is 391. The number of allylic oxidation sites excluding steroid dienone is 1. The fourth-order valence-corrected chi connectivity index (χ4v) is 2.84. The molecule has 0 saturated heterocycles. The van der Waals surface area contributed by atoms with Gasteiger partial charge < -0.3 is 9.52 Å². The summed E-state index contributed by atoms with van der Waals surface area (Å²) in [4.78, 5) is 0. The van der Waals surface area contributed by atoms with Crippen molar-refractivity contribution in [3.8, 4) is 0 Å². The second-order valence-electron chi connectivity index (χ2n) is 5.60. The van der Waals surface area contributed by atoms with Crippen molar-refractivity contribution in [3.05, 3.63) is 35.8 Å². The van der Waals surface area contributed by atoms with E-state index in [1.165, 1.54) is 11.1 Å². The summed E-state index contributed by atoms with van der Waals surface area (Å²) in [5.74, 6) is 0.523. The summed E-state index contributed by atoms with van der Waals surface area (Å²) in [5, 5.41) is 9.74. The normalized spacial score (nSPS) is 33.5. The van der Waals surface area contributed by atoms with Gasteiger partial charge in [-0.1, -0.05) is 25.5 Å². The topological polar surface area (TPSA) is 33.4 Å². The van der Waals surface area contributed by atoms with Crippen LogP contribution < -0.4 is 0 Å². The van der Waals surface area contributed by atoms with E-state index in [2.05, 4.69) is 20.8 Å². The number of aliphatic hydroxyl groups excluding tert-OH is 1. The van der Waals surface area contributed by atoms with E-state index in [9.17, 15) is 5.11 Å². The average molecular weight is 234 g/mol. The van der Waals surface area contributed by atoms with Crippen molar-refractivity contribution in [2.45, 2.75) is 46.1 Å². The monoisotopic (exact) mass is 234 g/mol. The van der Waals surface area contributed by atoms with E-state index in [4.69, 9.17) is 4.42 Å². The molecule has 1 heterocycles. The van der Waals surface area contributed by atoms with Crippen LogP contribution in [0.4, 0.5) is 0 Å². The van der Waals surface area contributed by atoms with Crippen LogP contribution in [0.5, 0.6) is 0 Å². The first-order valence-corrected chi connectivity index (χ1v) is 6.40. The maximum Gasteiger partial charge on any atom is 0.0934 e. The predicted octanol–water partition coefficient (Wildman–Crippen LogP) is 3.57. The first kappa shape index (κ1) is 12.4. The predicted molar refractivity (Wildman–Crippen MR) is 68.7 cm³/mol. The summed E-state index contributed by atoms with van der Waals surface area (Å²) in [7, 11) is 0. The molecule has 17 heavy (non-hydrogen) atoms. The standard InChI is InChI=1S/C15H22O2/c1-11-8-14(16)9-12(2)15(11,3)6-4-13-5-7-17-10-13/h5,7-8,10,12,14,16H,4,6,9H2,1-3H3/t12-,14+,15-/m1/s1. The van der Waals surface area contributed by atoms with Gasteiger partial charge in [0.05, 0.1) is 18.6 Å². The van der Waals surface area contributed by atoms with Crippen molar-refractivity contribution >= 4 is 0 Å². The summed E-state index contributed by atoms with van der Waals surface area (Å²) in [6.45, 7) is 6.71. The summed E-state index contributed by atoms with van der Waals surface area (Å²) < 4.78 is 5.10. The quantitative estimate of drug-likeness (QED) is 0.811. The van der Waals surface area contributed by atoms with E-state index >= 15 is 0 Å². The highest BCUT2D eigenvalue weighted by Crippen LogP contribution is 2.45. The second kappa shape index (κ2) is 4.69. The van der Waals surface area contributed by atoms with E-state index in [0.717, 1.165) is 19.3 Å². The SMILES string of the molecule is CC1=C[C@H](O)C[C@@H](C)[C@]1(C)CCc1ccoc1. The number of aryl methyl sites for hydroxylation is 1. The summed E-state index contributed by atoms with van der Waals surface area (Å²) in [6.07, 6.45) is 8.35. The van der Waals surface area contributed by atoms with Gasteiger partial charge in [0, 0.05) is 0 Å². The molecule has 0 saturated carbocycles. The van der Waals surface area contributed by atoms with Gasteiger partial charge in [-0.25, -0.2) is 0 Å². The minimum atomic E-state index is -0.257. The van der Waals surface area contributed by atoms with Crippen molar-refractivity contribution in [2.75, 3.05) is 0 Å². The fraction of sp³-hybridized carbons (Fsp3) is 0.600. The van der Waals surface area contributed by atoms with Gasteiger partial charge in [-0.05, 0) is 49.1 Å². The summed E-state index contributed by atoms with van der Waals surface area (Å²) in [5.41, 5.74) is 2.79. The molecule has 1 aliphatic rings. The maximum atomic E-state index is 9.74.